The molecule has 0 aliphatic heterocycles. The van der Waals surface area contributed by atoms with Gasteiger partial charge in [0.1, 0.15) is 0 Å². The second kappa shape index (κ2) is 8.11. The molecule has 0 saturated heterocycles. The van der Waals surface area contributed by atoms with Crippen LogP contribution in [0.5, 0.6) is 0 Å². The number of nitro benzene ring substituents is 1. The Balaban J connectivity index is 3.32. The lowest BCUT2D eigenvalue weighted by Gasteiger charge is -2.15. The molecule has 1 aromatic carbocycles. The van der Waals surface area contributed by atoms with E-state index in [1.807, 2.05) is 0 Å². The Morgan fingerprint density at radius 2 is 1.82 bits per heavy atom. The van der Waals surface area contributed by atoms with Crippen LogP contribution in [-0.2, 0) is 14.3 Å². The van der Waals surface area contributed by atoms with Crippen LogP contribution in [0.4, 0.5) is 5.69 Å². The maximum absolute atomic E-state index is 12.0. The summed E-state index contributed by atoms with van der Waals surface area (Å²) in [7, 11) is 0. The average molecular weight is 309 g/mol. The van der Waals surface area contributed by atoms with Crippen molar-refractivity contribution in [2.75, 3.05) is 13.2 Å². The van der Waals surface area contributed by atoms with Gasteiger partial charge in [-0.1, -0.05) is 6.92 Å². The van der Waals surface area contributed by atoms with Crippen molar-refractivity contribution in [3.05, 3.63) is 39.4 Å². The molecular formula is C15H19NO6. The number of ether oxygens (including phenoxy) is 2. The van der Waals surface area contributed by atoms with Gasteiger partial charge in [-0.05, 0) is 32.4 Å². The number of hydrogen-bond acceptors (Lipinski definition) is 6. The van der Waals surface area contributed by atoms with E-state index in [-0.39, 0.29) is 30.0 Å². The summed E-state index contributed by atoms with van der Waals surface area (Å²) < 4.78 is 9.83. The van der Waals surface area contributed by atoms with Crippen LogP contribution < -0.4 is 0 Å². The van der Waals surface area contributed by atoms with Gasteiger partial charge >= 0.3 is 11.9 Å². The fourth-order valence-electron chi connectivity index (χ4n) is 2.10. The van der Waals surface area contributed by atoms with E-state index in [1.54, 1.807) is 20.8 Å². The van der Waals surface area contributed by atoms with Gasteiger partial charge in [-0.15, -0.1) is 0 Å². The molecule has 0 bridgehead atoms. The molecule has 0 aliphatic carbocycles. The number of hydrogen-bond donors (Lipinski definition) is 0. The van der Waals surface area contributed by atoms with Crippen molar-refractivity contribution in [1.82, 2.24) is 0 Å². The standard InChI is InChI=1S/C15H19NO6/c1-4-11(15(18)22-6-3)12-9-10(14(17)21-5-2)7-8-13(12)16(19)20/h7-9,11H,4-6H2,1-3H3. The molecule has 7 nitrogen and oxygen atoms in total. The molecule has 0 aromatic heterocycles. The highest BCUT2D eigenvalue weighted by atomic mass is 16.6. The number of nitro groups is 1. The van der Waals surface area contributed by atoms with Crippen LogP contribution in [0.3, 0.4) is 0 Å². The molecule has 0 saturated carbocycles. The predicted octanol–water partition coefficient (Wildman–Crippen LogP) is 2.83. The summed E-state index contributed by atoms with van der Waals surface area (Å²) in [6, 6.07) is 3.86. The zero-order valence-electron chi connectivity index (χ0n) is 12.8. The molecule has 1 rings (SSSR count). The Bertz CT molecular complexity index is 569. The van der Waals surface area contributed by atoms with E-state index in [9.17, 15) is 19.7 Å². The summed E-state index contributed by atoms with van der Waals surface area (Å²) in [6.45, 7) is 5.43. The van der Waals surface area contributed by atoms with E-state index < -0.39 is 22.8 Å². The molecule has 0 spiro atoms. The first-order valence-corrected chi connectivity index (χ1v) is 7.08. The highest BCUT2D eigenvalue weighted by Gasteiger charge is 2.29. The third kappa shape index (κ3) is 4.03. The van der Waals surface area contributed by atoms with Crippen molar-refractivity contribution in [2.45, 2.75) is 33.1 Å². The van der Waals surface area contributed by atoms with Crippen molar-refractivity contribution in [2.24, 2.45) is 0 Å². The molecule has 22 heavy (non-hydrogen) atoms. The zero-order chi connectivity index (χ0) is 16.7. The molecular weight excluding hydrogens is 290 g/mol. The Morgan fingerprint density at radius 3 is 2.32 bits per heavy atom. The number of rotatable bonds is 7. The average Bonchev–Trinajstić information content (AvgIpc) is 2.48. The third-order valence-electron chi connectivity index (χ3n) is 3.09. The van der Waals surface area contributed by atoms with Gasteiger partial charge in [0.15, 0.2) is 0 Å². The first-order chi connectivity index (χ1) is 10.5. The Labute approximate surface area is 128 Å². The number of esters is 2. The van der Waals surface area contributed by atoms with Crippen LogP contribution in [0, 0.1) is 10.1 Å². The monoisotopic (exact) mass is 309 g/mol. The first kappa shape index (κ1) is 17.6. The second-order valence-corrected chi connectivity index (χ2v) is 4.46. The Kier molecular flexibility index (Phi) is 6.49. The van der Waals surface area contributed by atoms with Gasteiger partial charge in [-0.2, -0.15) is 0 Å². The van der Waals surface area contributed by atoms with Gasteiger partial charge in [-0.3, -0.25) is 14.9 Å². The lowest BCUT2D eigenvalue weighted by molar-refractivity contribution is -0.385. The van der Waals surface area contributed by atoms with Crippen LogP contribution in [0.25, 0.3) is 0 Å². The van der Waals surface area contributed by atoms with Gasteiger partial charge in [0.2, 0.25) is 0 Å². The van der Waals surface area contributed by atoms with Crippen molar-refractivity contribution in [3.8, 4) is 0 Å². The van der Waals surface area contributed by atoms with E-state index in [0.717, 1.165) is 0 Å². The quantitative estimate of drug-likeness (QED) is 0.436. The van der Waals surface area contributed by atoms with Crippen LogP contribution in [-0.4, -0.2) is 30.1 Å². The lowest BCUT2D eigenvalue weighted by Crippen LogP contribution is -2.17. The van der Waals surface area contributed by atoms with Gasteiger partial charge in [-0.25, -0.2) is 4.79 Å². The number of benzene rings is 1. The summed E-state index contributed by atoms with van der Waals surface area (Å²) in [5.74, 6) is -1.93. The normalized spacial score (nSPS) is 11.6. The number of carbonyl (C=O) groups is 2. The third-order valence-corrected chi connectivity index (χ3v) is 3.09. The van der Waals surface area contributed by atoms with E-state index in [0.29, 0.717) is 6.42 Å². The second-order valence-electron chi connectivity index (χ2n) is 4.46. The van der Waals surface area contributed by atoms with Crippen LogP contribution >= 0.6 is 0 Å². The van der Waals surface area contributed by atoms with E-state index in [2.05, 4.69) is 0 Å². The molecule has 0 fully saturated rings. The SMILES string of the molecule is CCOC(=O)c1ccc([N+](=O)[O-])c(C(CC)C(=O)OCC)c1. The van der Waals surface area contributed by atoms with E-state index >= 15 is 0 Å². The summed E-state index contributed by atoms with van der Waals surface area (Å²) in [4.78, 5) is 34.4. The van der Waals surface area contributed by atoms with Gasteiger partial charge in [0, 0.05) is 11.6 Å². The van der Waals surface area contributed by atoms with Crippen LogP contribution in [0.1, 0.15) is 49.0 Å². The molecule has 0 amide bonds. The topological polar surface area (TPSA) is 95.7 Å². The Hall–Kier alpha value is -2.44. The maximum atomic E-state index is 12.0. The zero-order valence-corrected chi connectivity index (χ0v) is 12.8. The van der Waals surface area contributed by atoms with Crippen molar-refractivity contribution < 1.29 is 24.0 Å². The molecule has 120 valence electrons. The fourth-order valence-corrected chi connectivity index (χ4v) is 2.10. The van der Waals surface area contributed by atoms with Gasteiger partial charge in [0.05, 0.1) is 29.6 Å². The van der Waals surface area contributed by atoms with Crippen LogP contribution in [0.15, 0.2) is 18.2 Å². The maximum Gasteiger partial charge on any atom is 0.338 e. The summed E-state index contributed by atoms with van der Waals surface area (Å²) in [5.41, 5.74) is 0.120. The van der Waals surface area contributed by atoms with E-state index in [1.165, 1.54) is 18.2 Å². The Morgan fingerprint density at radius 1 is 1.18 bits per heavy atom. The molecule has 1 atom stereocenters. The van der Waals surface area contributed by atoms with Gasteiger partial charge in [0.25, 0.3) is 5.69 Å². The van der Waals surface area contributed by atoms with E-state index in [4.69, 9.17) is 9.47 Å². The summed E-state index contributed by atoms with van der Waals surface area (Å²) in [5, 5.41) is 11.2. The van der Waals surface area contributed by atoms with Crippen molar-refractivity contribution >= 4 is 17.6 Å². The minimum Gasteiger partial charge on any atom is -0.466 e. The predicted molar refractivity (Wildman–Crippen MR) is 78.7 cm³/mol. The molecule has 7 heteroatoms. The highest BCUT2D eigenvalue weighted by molar-refractivity contribution is 5.91. The van der Waals surface area contributed by atoms with Gasteiger partial charge < -0.3 is 9.47 Å². The molecule has 0 radical (unpaired) electrons. The molecule has 0 N–H and O–H groups in total. The van der Waals surface area contributed by atoms with Crippen molar-refractivity contribution in [1.29, 1.82) is 0 Å². The largest absolute Gasteiger partial charge is 0.466 e. The summed E-state index contributed by atoms with van der Waals surface area (Å²) in [6.07, 6.45) is 0.325. The smallest absolute Gasteiger partial charge is 0.338 e. The molecule has 1 aromatic rings. The highest BCUT2D eigenvalue weighted by Crippen LogP contribution is 2.31. The molecule has 1 unspecified atom stereocenters. The van der Waals surface area contributed by atoms with Crippen LogP contribution in [0.2, 0.25) is 0 Å². The minimum atomic E-state index is -0.797. The first-order valence-electron chi connectivity index (χ1n) is 7.08. The van der Waals surface area contributed by atoms with Crippen molar-refractivity contribution in [3.63, 3.8) is 0 Å². The summed E-state index contributed by atoms with van der Waals surface area (Å²) >= 11 is 0. The molecule has 0 aliphatic rings. The fraction of sp³-hybridized carbons (Fsp3) is 0.467. The molecule has 0 heterocycles. The number of nitrogens with zero attached hydrogens (tertiary/aromatic N) is 1. The lowest BCUT2D eigenvalue weighted by atomic mass is 9.93. The number of carbonyl (C=O) groups excluding carboxylic acids is 2. The minimum absolute atomic E-state index is 0.163.